The lowest BCUT2D eigenvalue weighted by Gasteiger charge is -2.35. The van der Waals surface area contributed by atoms with Crippen LogP contribution in [0.15, 0.2) is 22.7 Å². The third-order valence-electron chi connectivity index (χ3n) is 5.65. The minimum Gasteiger partial charge on any atom is -0.493 e. The van der Waals surface area contributed by atoms with Gasteiger partial charge in [-0.15, -0.1) is 0 Å². The van der Waals surface area contributed by atoms with E-state index in [0.29, 0.717) is 12.8 Å². The van der Waals surface area contributed by atoms with Crippen LogP contribution < -0.4 is 9.47 Å². The van der Waals surface area contributed by atoms with E-state index in [1.165, 1.54) is 11.1 Å². The van der Waals surface area contributed by atoms with E-state index in [-0.39, 0.29) is 11.5 Å². The van der Waals surface area contributed by atoms with Crippen molar-refractivity contribution >= 4 is 15.9 Å². The standard InChI is InChI=1S/C19H21BrN2O3/c1-24-15-10-14(20)13-11-22(7-2-6-21)8-5-19-4-3-12(23)9-16(19)25-18(15)17(13)19/h3-4,10,12,16,23H,2,5,7-9,11H2,1H3/t12?,16-,19-/m0/s1. The second-order valence-electron chi connectivity index (χ2n) is 6.99. The van der Waals surface area contributed by atoms with Crippen LogP contribution in [0.1, 0.15) is 30.4 Å². The van der Waals surface area contributed by atoms with E-state index in [9.17, 15) is 5.11 Å². The summed E-state index contributed by atoms with van der Waals surface area (Å²) in [7, 11) is 1.66. The van der Waals surface area contributed by atoms with Gasteiger partial charge in [0.25, 0.3) is 0 Å². The maximum atomic E-state index is 10.1. The molecule has 2 heterocycles. The Morgan fingerprint density at radius 2 is 2.40 bits per heavy atom. The first-order valence-electron chi connectivity index (χ1n) is 8.62. The highest BCUT2D eigenvalue weighted by Gasteiger charge is 2.53. The lowest BCUT2D eigenvalue weighted by atomic mass is 9.69. The minimum atomic E-state index is -0.472. The molecule has 132 valence electrons. The van der Waals surface area contributed by atoms with Crippen LogP contribution in [0, 0.1) is 11.3 Å². The van der Waals surface area contributed by atoms with Gasteiger partial charge in [-0.2, -0.15) is 5.26 Å². The molecule has 25 heavy (non-hydrogen) atoms. The van der Waals surface area contributed by atoms with Crippen molar-refractivity contribution in [3.63, 3.8) is 0 Å². The third kappa shape index (κ3) is 2.57. The second-order valence-corrected chi connectivity index (χ2v) is 7.84. The van der Waals surface area contributed by atoms with E-state index in [1.807, 2.05) is 12.1 Å². The van der Waals surface area contributed by atoms with Crippen molar-refractivity contribution in [2.75, 3.05) is 20.2 Å². The maximum absolute atomic E-state index is 10.1. The summed E-state index contributed by atoms with van der Waals surface area (Å²) in [6.07, 6.45) is 5.51. The summed E-state index contributed by atoms with van der Waals surface area (Å²) in [5.74, 6) is 1.54. The van der Waals surface area contributed by atoms with Crippen LogP contribution in [0.25, 0.3) is 0 Å². The predicted octanol–water partition coefficient (Wildman–Crippen LogP) is 2.90. The number of benzene rings is 1. The molecule has 0 amide bonds. The van der Waals surface area contributed by atoms with Crippen LogP contribution >= 0.6 is 15.9 Å². The number of hydrogen-bond donors (Lipinski definition) is 1. The van der Waals surface area contributed by atoms with Gasteiger partial charge in [0.1, 0.15) is 6.10 Å². The molecule has 0 bridgehead atoms. The highest BCUT2D eigenvalue weighted by Crippen LogP contribution is 2.57. The molecule has 6 heteroatoms. The minimum absolute atomic E-state index is 0.0830. The molecule has 1 spiro atoms. The van der Waals surface area contributed by atoms with E-state index < -0.39 is 6.10 Å². The molecule has 0 fully saturated rings. The lowest BCUT2D eigenvalue weighted by molar-refractivity contribution is 0.0811. The van der Waals surface area contributed by atoms with Crippen LogP contribution in [-0.2, 0) is 12.0 Å². The predicted molar refractivity (Wildman–Crippen MR) is 96.7 cm³/mol. The van der Waals surface area contributed by atoms with Crippen molar-refractivity contribution in [3.8, 4) is 17.6 Å². The van der Waals surface area contributed by atoms with Gasteiger partial charge in [0.2, 0.25) is 0 Å². The number of methoxy groups -OCH3 is 1. The van der Waals surface area contributed by atoms with Gasteiger partial charge in [-0.3, -0.25) is 4.90 Å². The van der Waals surface area contributed by atoms with Gasteiger partial charge in [-0.05, 0) is 24.6 Å². The lowest BCUT2D eigenvalue weighted by Crippen LogP contribution is -2.43. The van der Waals surface area contributed by atoms with Gasteiger partial charge >= 0.3 is 0 Å². The smallest absolute Gasteiger partial charge is 0.166 e. The fraction of sp³-hybridized carbons (Fsp3) is 0.526. The molecule has 1 N–H and O–H groups in total. The molecule has 3 atom stereocenters. The van der Waals surface area contributed by atoms with E-state index in [1.54, 1.807) is 7.11 Å². The van der Waals surface area contributed by atoms with Gasteiger partial charge in [-0.25, -0.2) is 0 Å². The number of aliphatic hydroxyl groups excluding tert-OH is 1. The average molecular weight is 405 g/mol. The molecule has 0 aromatic heterocycles. The largest absolute Gasteiger partial charge is 0.493 e. The first kappa shape index (κ1) is 16.9. The molecule has 3 aliphatic rings. The topological polar surface area (TPSA) is 65.7 Å². The van der Waals surface area contributed by atoms with E-state index in [4.69, 9.17) is 14.7 Å². The van der Waals surface area contributed by atoms with Crippen molar-refractivity contribution in [3.05, 3.63) is 33.8 Å². The van der Waals surface area contributed by atoms with Gasteiger partial charge < -0.3 is 14.6 Å². The van der Waals surface area contributed by atoms with E-state index >= 15 is 0 Å². The molecule has 5 nitrogen and oxygen atoms in total. The first-order chi connectivity index (χ1) is 12.1. The van der Waals surface area contributed by atoms with Crippen LogP contribution in [0.4, 0.5) is 0 Å². The van der Waals surface area contributed by atoms with Crippen LogP contribution in [0.2, 0.25) is 0 Å². The zero-order valence-corrected chi connectivity index (χ0v) is 15.8. The monoisotopic (exact) mass is 404 g/mol. The van der Waals surface area contributed by atoms with Crippen LogP contribution in [0.5, 0.6) is 11.5 Å². The first-order valence-corrected chi connectivity index (χ1v) is 9.41. The maximum Gasteiger partial charge on any atom is 0.166 e. The molecule has 0 radical (unpaired) electrons. The zero-order chi connectivity index (χ0) is 17.6. The number of halogens is 1. The molecule has 0 saturated heterocycles. The van der Waals surface area contributed by atoms with Gasteiger partial charge in [0.05, 0.1) is 24.7 Å². The molecule has 1 aromatic carbocycles. The van der Waals surface area contributed by atoms with Gasteiger partial charge in [-0.1, -0.05) is 28.1 Å². The summed E-state index contributed by atoms with van der Waals surface area (Å²) in [5, 5.41) is 19.0. The Morgan fingerprint density at radius 1 is 1.56 bits per heavy atom. The second kappa shape index (κ2) is 6.31. The van der Waals surface area contributed by atoms with E-state index in [0.717, 1.165) is 42.0 Å². The molecule has 0 saturated carbocycles. The molecular weight excluding hydrogens is 384 g/mol. The van der Waals surface area contributed by atoms with Gasteiger partial charge in [0, 0.05) is 36.0 Å². The molecule has 4 rings (SSSR count). The number of ether oxygens (including phenoxy) is 2. The number of nitriles is 1. The number of nitrogens with zero attached hydrogens (tertiary/aromatic N) is 2. The highest BCUT2D eigenvalue weighted by atomic mass is 79.9. The molecule has 1 aromatic rings. The summed E-state index contributed by atoms with van der Waals surface area (Å²) in [5.41, 5.74) is 2.16. The Balaban J connectivity index is 1.87. The fourth-order valence-corrected chi connectivity index (χ4v) is 4.95. The summed E-state index contributed by atoms with van der Waals surface area (Å²) in [6.45, 7) is 2.44. The van der Waals surface area contributed by atoms with Gasteiger partial charge in [0.15, 0.2) is 11.5 Å². The highest BCUT2D eigenvalue weighted by molar-refractivity contribution is 9.10. The molecule has 1 unspecified atom stereocenters. The SMILES string of the molecule is COc1cc(Br)c2c3c1O[C@H]1CC(O)C=C[C@@]31CCN(CCC#N)C2. The Bertz CT molecular complexity index is 773. The summed E-state index contributed by atoms with van der Waals surface area (Å²) in [4.78, 5) is 2.33. The number of hydrogen-bond acceptors (Lipinski definition) is 5. The Morgan fingerprint density at radius 3 is 3.16 bits per heavy atom. The quantitative estimate of drug-likeness (QED) is 0.784. The molecule has 2 aliphatic heterocycles. The fourth-order valence-electron chi connectivity index (χ4n) is 4.42. The number of rotatable bonds is 3. The molecule has 1 aliphatic carbocycles. The average Bonchev–Trinajstić information content (AvgIpc) is 2.83. The van der Waals surface area contributed by atoms with Crippen LogP contribution in [0.3, 0.4) is 0 Å². The van der Waals surface area contributed by atoms with Crippen molar-refractivity contribution in [1.82, 2.24) is 4.90 Å². The Kier molecular flexibility index (Phi) is 4.27. The van der Waals surface area contributed by atoms with Crippen molar-refractivity contribution in [2.45, 2.75) is 43.4 Å². The summed E-state index contributed by atoms with van der Waals surface area (Å²) in [6, 6.07) is 4.21. The Labute approximate surface area is 156 Å². The summed E-state index contributed by atoms with van der Waals surface area (Å²) < 4.78 is 12.9. The molecular formula is C19H21BrN2O3. The normalized spacial score (nSPS) is 30.0. The van der Waals surface area contributed by atoms with Crippen molar-refractivity contribution in [2.24, 2.45) is 0 Å². The van der Waals surface area contributed by atoms with Crippen molar-refractivity contribution < 1.29 is 14.6 Å². The van der Waals surface area contributed by atoms with Crippen LogP contribution in [-0.4, -0.2) is 42.4 Å². The third-order valence-corrected chi connectivity index (χ3v) is 6.36. The number of aliphatic hydroxyl groups is 1. The van der Waals surface area contributed by atoms with Crippen molar-refractivity contribution in [1.29, 1.82) is 5.26 Å². The summed E-state index contributed by atoms with van der Waals surface area (Å²) >= 11 is 3.72. The van der Waals surface area contributed by atoms with E-state index in [2.05, 4.69) is 33.0 Å². The Hall–Kier alpha value is -1.55. The zero-order valence-electron chi connectivity index (χ0n) is 14.2.